The van der Waals surface area contributed by atoms with E-state index in [1.807, 2.05) is 19.1 Å². The first-order valence-electron chi connectivity index (χ1n) is 11.6. The molecular weight excluding hydrogens is 510 g/mol. The zero-order valence-corrected chi connectivity index (χ0v) is 21.2. The Morgan fingerprint density at radius 3 is 2.75 bits per heavy atom. The highest BCUT2D eigenvalue weighted by atomic mass is 35.5. The number of furan rings is 1. The Kier molecular flexibility index (Phi) is 9.00. The smallest absolute Gasteiger partial charge is 0.463 e. The van der Waals surface area contributed by atoms with Gasteiger partial charge >= 0.3 is 6.16 Å². The monoisotopic (exact) mass is 537 g/mol. The van der Waals surface area contributed by atoms with Crippen molar-refractivity contribution in [1.29, 1.82) is 0 Å². The first-order chi connectivity index (χ1) is 17.4. The molecule has 0 radical (unpaired) electrons. The molecule has 2 aromatic heterocycles. The average Bonchev–Trinajstić information content (AvgIpc) is 3.56. The van der Waals surface area contributed by atoms with Gasteiger partial charge in [0.05, 0.1) is 22.8 Å². The fraction of sp³-hybridized carbons (Fsp3) is 0.440. The lowest BCUT2D eigenvalue weighted by atomic mass is 9.90. The predicted molar refractivity (Wildman–Crippen MR) is 132 cm³/mol. The van der Waals surface area contributed by atoms with Gasteiger partial charge in [-0.1, -0.05) is 37.1 Å². The highest BCUT2D eigenvalue weighted by Gasteiger charge is 2.44. The number of unbranched alkanes of at least 4 members (excludes halogenated alkanes) is 1. The number of benzene rings is 1. The second-order valence-electron chi connectivity index (χ2n) is 8.45. The number of halogens is 1. The van der Waals surface area contributed by atoms with E-state index in [4.69, 9.17) is 30.2 Å². The number of ether oxygens (including phenoxy) is 3. The molecule has 9 nitrogen and oxygen atoms in total. The van der Waals surface area contributed by atoms with Crippen LogP contribution in [-0.4, -0.2) is 64.1 Å². The van der Waals surface area contributed by atoms with Crippen molar-refractivity contribution < 1.29 is 38.7 Å². The summed E-state index contributed by atoms with van der Waals surface area (Å²) in [6, 6.07) is 8.79. The molecule has 1 aliphatic heterocycles. The molecule has 194 valence electrons. The molecule has 1 aromatic carbocycles. The van der Waals surface area contributed by atoms with E-state index in [0.717, 1.165) is 27.6 Å². The molecule has 0 amide bonds. The molecule has 1 saturated heterocycles. The lowest BCUT2D eigenvalue weighted by molar-refractivity contribution is -0.232. The van der Waals surface area contributed by atoms with Crippen molar-refractivity contribution in [1.82, 2.24) is 4.98 Å². The van der Waals surface area contributed by atoms with Crippen LogP contribution >= 0.6 is 22.9 Å². The maximum Gasteiger partial charge on any atom is 0.508 e. The topological polar surface area (TPSA) is 131 Å². The molecule has 5 unspecified atom stereocenters. The second kappa shape index (κ2) is 12.2. The summed E-state index contributed by atoms with van der Waals surface area (Å²) >= 11 is 7.92. The number of carbonyl (C=O) groups excluding carboxylic acids is 1. The fourth-order valence-corrected chi connectivity index (χ4v) is 4.94. The van der Waals surface area contributed by atoms with E-state index in [1.165, 1.54) is 11.3 Å². The van der Waals surface area contributed by atoms with Crippen LogP contribution < -0.4 is 0 Å². The Hall–Kier alpha value is -2.47. The van der Waals surface area contributed by atoms with E-state index in [9.17, 15) is 20.1 Å². The summed E-state index contributed by atoms with van der Waals surface area (Å²) in [5.41, 5.74) is 1.30. The molecule has 3 heterocycles. The standard InChI is InChI=1S/C25H28ClNO8S/c1-2-3-8-33-25(31)34-13-18-21(28)22(29)23(30)24(35-18)14-6-7-16(26)15(10-14)11-20-27-12-19(36-20)17-5-4-9-32-17/h4-7,9-10,12,18,21-24,28-30H,2-3,8,11,13H2,1H3. The third kappa shape index (κ3) is 6.26. The summed E-state index contributed by atoms with van der Waals surface area (Å²) in [5, 5.41) is 32.8. The molecule has 5 atom stereocenters. The largest absolute Gasteiger partial charge is 0.508 e. The zero-order valence-electron chi connectivity index (χ0n) is 19.6. The van der Waals surface area contributed by atoms with Crippen molar-refractivity contribution in [3.05, 3.63) is 63.9 Å². The maximum absolute atomic E-state index is 11.8. The molecular formula is C25H28ClNO8S. The summed E-state index contributed by atoms with van der Waals surface area (Å²) in [4.78, 5) is 17.1. The zero-order chi connectivity index (χ0) is 25.7. The molecule has 0 saturated carbocycles. The minimum Gasteiger partial charge on any atom is -0.463 e. The number of hydrogen-bond donors (Lipinski definition) is 3. The van der Waals surface area contributed by atoms with Gasteiger partial charge in [-0.05, 0) is 35.7 Å². The minimum absolute atomic E-state index is 0.225. The van der Waals surface area contributed by atoms with Crippen LogP contribution in [0.5, 0.6) is 0 Å². The molecule has 0 aliphatic carbocycles. The summed E-state index contributed by atoms with van der Waals surface area (Å²) in [5.74, 6) is 0.729. The molecule has 11 heteroatoms. The van der Waals surface area contributed by atoms with Crippen molar-refractivity contribution in [2.75, 3.05) is 13.2 Å². The fourth-order valence-electron chi connectivity index (χ4n) is 3.85. The molecule has 0 spiro atoms. The molecule has 36 heavy (non-hydrogen) atoms. The van der Waals surface area contributed by atoms with Crippen LogP contribution in [0.15, 0.2) is 47.2 Å². The van der Waals surface area contributed by atoms with Gasteiger partial charge in [-0.2, -0.15) is 0 Å². The summed E-state index contributed by atoms with van der Waals surface area (Å²) < 4.78 is 21.3. The Bertz CT molecular complexity index is 1140. The Balaban J connectivity index is 1.46. The first-order valence-corrected chi connectivity index (χ1v) is 12.8. The third-order valence-corrected chi connectivity index (χ3v) is 7.23. The summed E-state index contributed by atoms with van der Waals surface area (Å²) in [7, 11) is 0. The number of aromatic nitrogens is 1. The van der Waals surface area contributed by atoms with Gasteiger partial charge in [0.25, 0.3) is 0 Å². The SMILES string of the molecule is CCCCOC(=O)OCC1OC(c2ccc(Cl)c(Cc3ncc(-c4ccco4)s3)c2)C(O)C(O)C1O. The van der Waals surface area contributed by atoms with E-state index < -0.39 is 36.7 Å². The van der Waals surface area contributed by atoms with Gasteiger partial charge < -0.3 is 33.9 Å². The average molecular weight is 538 g/mol. The molecule has 1 aliphatic rings. The van der Waals surface area contributed by atoms with Gasteiger partial charge in [0.1, 0.15) is 42.9 Å². The van der Waals surface area contributed by atoms with Crippen LogP contribution in [0.4, 0.5) is 4.79 Å². The molecule has 4 rings (SSSR count). The third-order valence-electron chi connectivity index (χ3n) is 5.85. The Morgan fingerprint density at radius 1 is 1.17 bits per heavy atom. The minimum atomic E-state index is -1.51. The lowest BCUT2D eigenvalue weighted by Gasteiger charge is -2.40. The molecule has 3 aromatic rings. The predicted octanol–water partition coefficient (Wildman–Crippen LogP) is 4.12. The number of thiazole rings is 1. The van der Waals surface area contributed by atoms with Crippen molar-refractivity contribution >= 4 is 29.1 Å². The number of rotatable bonds is 9. The Morgan fingerprint density at radius 2 is 2.00 bits per heavy atom. The number of carbonyl (C=O) groups is 1. The van der Waals surface area contributed by atoms with E-state index in [-0.39, 0.29) is 13.2 Å². The normalized spacial score (nSPS) is 24.0. The van der Waals surface area contributed by atoms with Crippen molar-refractivity contribution in [3.8, 4) is 10.6 Å². The van der Waals surface area contributed by atoms with Crippen LogP contribution in [0.2, 0.25) is 5.02 Å². The number of hydrogen-bond acceptors (Lipinski definition) is 10. The van der Waals surface area contributed by atoms with E-state index in [1.54, 1.807) is 30.7 Å². The number of aliphatic hydroxyl groups is 3. The van der Waals surface area contributed by atoms with Crippen LogP contribution in [0, 0.1) is 0 Å². The van der Waals surface area contributed by atoms with Gasteiger partial charge in [0.2, 0.25) is 0 Å². The van der Waals surface area contributed by atoms with Gasteiger partial charge in [-0.25, -0.2) is 9.78 Å². The maximum atomic E-state index is 11.8. The molecule has 0 bridgehead atoms. The van der Waals surface area contributed by atoms with Crippen molar-refractivity contribution in [2.24, 2.45) is 0 Å². The van der Waals surface area contributed by atoms with Crippen LogP contribution in [0.25, 0.3) is 10.6 Å². The number of nitrogens with zero attached hydrogens (tertiary/aromatic N) is 1. The van der Waals surface area contributed by atoms with Gasteiger partial charge in [-0.15, -0.1) is 11.3 Å². The molecule has 3 N–H and O–H groups in total. The van der Waals surface area contributed by atoms with E-state index in [0.29, 0.717) is 23.4 Å². The van der Waals surface area contributed by atoms with Gasteiger partial charge in [0.15, 0.2) is 0 Å². The summed E-state index contributed by atoms with van der Waals surface area (Å²) in [6.45, 7) is 1.84. The molecule has 1 fully saturated rings. The second-order valence-corrected chi connectivity index (χ2v) is 9.98. The van der Waals surface area contributed by atoms with Crippen LogP contribution in [-0.2, 0) is 20.6 Å². The Labute approximate surface area is 217 Å². The quantitative estimate of drug-likeness (QED) is 0.272. The highest BCUT2D eigenvalue weighted by Crippen LogP contribution is 2.35. The highest BCUT2D eigenvalue weighted by molar-refractivity contribution is 7.15. The lowest BCUT2D eigenvalue weighted by Crippen LogP contribution is -2.55. The van der Waals surface area contributed by atoms with Crippen LogP contribution in [0.3, 0.4) is 0 Å². The van der Waals surface area contributed by atoms with Crippen LogP contribution in [0.1, 0.15) is 42.0 Å². The van der Waals surface area contributed by atoms with Gasteiger partial charge in [-0.3, -0.25) is 0 Å². The number of aliphatic hydroxyl groups excluding tert-OH is 3. The van der Waals surface area contributed by atoms with Crippen molar-refractivity contribution in [2.45, 2.75) is 56.7 Å². The summed E-state index contributed by atoms with van der Waals surface area (Å²) in [6.07, 6.45) is -1.99. The van der Waals surface area contributed by atoms with E-state index >= 15 is 0 Å². The van der Waals surface area contributed by atoms with Gasteiger partial charge in [0, 0.05) is 17.6 Å². The first kappa shape index (κ1) is 26.6. The van der Waals surface area contributed by atoms with E-state index in [2.05, 4.69) is 4.98 Å². The van der Waals surface area contributed by atoms with Crippen molar-refractivity contribution in [3.63, 3.8) is 0 Å².